The molecule has 0 aliphatic rings. The summed E-state index contributed by atoms with van der Waals surface area (Å²) < 4.78 is 10.5. The molecule has 0 aromatic heterocycles. The van der Waals surface area contributed by atoms with Crippen LogP contribution in [0, 0.1) is 0 Å². The summed E-state index contributed by atoms with van der Waals surface area (Å²) in [6, 6.07) is 5.91. The molecule has 4 nitrogen and oxygen atoms in total. The van der Waals surface area contributed by atoms with E-state index >= 15 is 0 Å². The van der Waals surface area contributed by atoms with Crippen molar-refractivity contribution >= 4 is 0 Å². The molecule has 3 N–H and O–H groups in total. The molecule has 0 radical (unpaired) electrons. The van der Waals surface area contributed by atoms with Gasteiger partial charge < -0.3 is 20.5 Å². The maximum Gasteiger partial charge on any atom is 0.161 e. The van der Waals surface area contributed by atoms with Crippen molar-refractivity contribution in [3.63, 3.8) is 0 Å². The van der Waals surface area contributed by atoms with Crippen LogP contribution in [0.2, 0.25) is 0 Å². The Hall–Kier alpha value is -1.52. The van der Waals surface area contributed by atoms with E-state index in [4.69, 9.17) is 15.2 Å². The van der Waals surface area contributed by atoms with E-state index in [9.17, 15) is 0 Å². The summed E-state index contributed by atoms with van der Waals surface area (Å²) in [6.45, 7) is 7.11. The highest BCUT2D eigenvalue weighted by Gasteiger charge is 2.12. The van der Waals surface area contributed by atoms with Crippen LogP contribution in [0.4, 0.5) is 0 Å². The summed E-state index contributed by atoms with van der Waals surface area (Å²) in [7, 11) is 3.25. The van der Waals surface area contributed by atoms with Gasteiger partial charge in [0.1, 0.15) is 0 Å². The van der Waals surface area contributed by atoms with Crippen LogP contribution in [0.3, 0.4) is 0 Å². The third kappa shape index (κ3) is 3.75. The van der Waals surface area contributed by atoms with Crippen molar-refractivity contribution in [2.75, 3.05) is 27.3 Å². The van der Waals surface area contributed by atoms with Crippen LogP contribution in [0.25, 0.3) is 0 Å². The molecule has 100 valence electrons. The first-order chi connectivity index (χ1) is 8.62. The summed E-state index contributed by atoms with van der Waals surface area (Å²) in [6.07, 6.45) is 0. The van der Waals surface area contributed by atoms with Gasteiger partial charge in [0, 0.05) is 19.1 Å². The number of methoxy groups -OCH3 is 2. The molecule has 1 rings (SSSR count). The minimum absolute atomic E-state index is 0.0847. The zero-order valence-electron chi connectivity index (χ0n) is 11.3. The number of hydrogen-bond acceptors (Lipinski definition) is 4. The van der Waals surface area contributed by atoms with Crippen LogP contribution in [0.15, 0.2) is 30.4 Å². The number of ether oxygens (including phenoxy) is 2. The van der Waals surface area contributed by atoms with Crippen molar-refractivity contribution in [2.45, 2.75) is 13.0 Å². The van der Waals surface area contributed by atoms with Crippen molar-refractivity contribution in [2.24, 2.45) is 5.73 Å². The smallest absolute Gasteiger partial charge is 0.161 e. The van der Waals surface area contributed by atoms with Crippen LogP contribution in [0.5, 0.6) is 11.5 Å². The van der Waals surface area contributed by atoms with Crippen LogP contribution in [0.1, 0.15) is 18.5 Å². The van der Waals surface area contributed by atoms with Gasteiger partial charge in [0.25, 0.3) is 0 Å². The highest BCUT2D eigenvalue weighted by atomic mass is 16.5. The quantitative estimate of drug-likeness (QED) is 0.725. The fraction of sp³-hybridized carbons (Fsp3) is 0.429. The van der Waals surface area contributed by atoms with E-state index < -0.39 is 0 Å². The molecule has 4 heteroatoms. The van der Waals surface area contributed by atoms with Gasteiger partial charge in [0.05, 0.1) is 14.2 Å². The van der Waals surface area contributed by atoms with E-state index in [-0.39, 0.29) is 6.04 Å². The molecule has 0 heterocycles. The normalized spacial score (nSPS) is 12.0. The highest BCUT2D eigenvalue weighted by molar-refractivity contribution is 5.43. The molecular formula is C14H22N2O2. The number of hydrogen-bond donors (Lipinski definition) is 2. The molecule has 0 amide bonds. The average Bonchev–Trinajstić information content (AvgIpc) is 2.38. The standard InChI is InChI=1S/C14H22N2O2/c1-10(2)9-16-12(8-15)11-5-6-13(17-3)14(7-11)18-4/h5-7,12,16H,1,8-9,15H2,2-4H3. The minimum Gasteiger partial charge on any atom is -0.493 e. The summed E-state index contributed by atoms with van der Waals surface area (Å²) in [5, 5.41) is 3.35. The lowest BCUT2D eigenvalue weighted by molar-refractivity contribution is 0.354. The molecule has 18 heavy (non-hydrogen) atoms. The number of rotatable bonds is 7. The summed E-state index contributed by atoms with van der Waals surface area (Å²) >= 11 is 0. The molecule has 1 unspecified atom stereocenters. The Morgan fingerprint density at radius 3 is 2.50 bits per heavy atom. The van der Waals surface area contributed by atoms with Crippen molar-refractivity contribution < 1.29 is 9.47 Å². The van der Waals surface area contributed by atoms with Crippen molar-refractivity contribution in [3.8, 4) is 11.5 Å². The zero-order chi connectivity index (χ0) is 13.5. The Morgan fingerprint density at radius 1 is 1.33 bits per heavy atom. The van der Waals surface area contributed by atoms with Gasteiger partial charge in [-0.25, -0.2) is 0 Å². The average molecular weight is 250 g/mol. The molecular weight excluding hydrogens is 228 g/mol. The monoisotopic (exact) mass is 250 g/mol. The lowest BCUT2D eigenvalue weighted by Gasteiger charge is -2.19. The summed E-state index contributed by atoms with van der Waals surface area (Å²) in [5.41, 5.74) is 7.95. The van der Waals surface area contributed by atoms with E-state index in [0.717, 1.165) is 23.4 Å². The second kappa shape index (κ2) is 7.03. The fourth-order valence-corrected chi connectivity index (χ4v) is 1.70. The van der Waals surface area contributed by atoms with Crippen molar-refractivity contribution in [3.05, 3.63) is 35.9 Å². The Labute approximate surface area is 109 Å². The van der Waals surface area contributed by atoms with E-state index in [1.54, 1.807) is 14.2 Å². The first-order valence-electron chi connectivity index (χ1n) is 5.92. The second-order valence-electron chi connectivity index (χ2n) is 4.24. The fourth-order valence-electron chi connectivity index (χ4n) is 1.70. The maximum absolute atomic E-state index is 5.79. The molecule has 1 aromatic rings. The van der Waals surface area contributed by atoms with Gasteiger partial charge in [-0.3, -0.25) is 0 Å². The summed E-state index contributed by atoms with van der Waals surface area (Å²) in [5.74, 6) is 1.43. The first kappa shape index (κ1) is 14.5. The first-order valence-corrected chi connectivity index (χ1v) is 5.92. The lowest BCUT2D eigenvalue weighted by Crippen LogP contribution is -2.29. The summed E-state index contributed by atoms with van der Waals surface area (Å²) in [4.78, 5) is 0. The topological polar surface area (TPSA) is 56.5 Å². The van der Waals surface area contributed by atoms with E-state index in [1.165, 1.54) is 0 Å². The minimum atomic E-state index is 0.0847. The van der Waals surface area contributed by atoms with Gasteiger partial charge in [-0.05, 0) is 24.6 Å². The van der Waals surface area contributed by atoms with Gasteiger partial charge in [0.15, 0.2) is 11.5 Å². The lowest BCUT2D eigenvalue weighted by atomic mass is 10.1. The maximum atomic E-state index is 5.79. The van der Waals surface area contributed by atoms with E-state index in [1.807, 2.05) is 25.1 Å². The Morgan fingerprint density at radius 2 is 2.00 bits per heavy atom. The van der Waals surface area contributed by atoms with Gasteiger partial charge >= 0.3 is 0 Å². The van der Waals surface area contributed by atoms with Crippen LogP contribution in [-0.2, 0) is 0 Å². The Bertz CT molecular complexity index is 405. The Balaban J connectivity index is 2.88. The second-order valence-corrected chi connectivity index (χ2v) is 4.24. The molecule has 1 atom stereocenters. The van der Waals surface area contributed by atoms with Gasteiger partial charge in [-0.15, -0.1) is 0 Å². The van der Waals surface area contributed by atoms with Crippen molar-refractivity contribution in [1.82, 2.24) is 5.32 Å². The molecule has 0 spiro atoms. The highest BCUT2D eigenvalue weighted by Crippen LogP contribution is 2.29. The van der Waals surface area contributed by atoms with Crippen LogP contribution < -0.4 is 20.5 Å². The zero-order valence-corrected chi connectivity index (χ0v) is 11.3. The van der Waals surface area contributed by atoms with Gasteiger partial charge in [-0.2, -0.15) is 0 Å². The van der Waals surface area contributed by atoms with Crippen LogP contribution >= 0.6 is 0 Å². The molecule has 0 fully saturated rings. The predicted molar refractivity (Wildman–Crippen MR) is 74.2 cm³/mol. The van der Waals surface area contributed by atoms with Crippen LogP contribution in [-0.4, -0.2) is 27.3 Å². The third-order valence-corrected chi connectivity index (χ3v) is 2.70. The number of nitrogens with one attached hydrogen (secondary N) is 1. The third-order valence-electron chi connectivity index (χ3n) is 2.70. The molecule has 1 aromatic carbocycles. The van der Waals surface area contributed by atoms with E-state index in [0.29, 0.717) is 12.3 Å². The predicted octanol–water partition coefficient (Wildman–Crippen LogP) is 1.87. The van der Waals surface area contributed by atoms with Gasteiger partial charge in [-0.1, -0.05) is 18.2 Å². The molecule has 0 saturated heterocycles. The number of nitrogens with two attached hydrogens (primary N) is 1. The molecule has 0 aliphatic carbocycles. The molecule has 0 bridgehead atoms. The van der Waals surface area contributed by atoms with Crippen molar-refractivity contribution in [1.29, 1.82) is 0 Å². The van der Waals surface area contributed by atoms with E-state index in [2.05, 4.69) is 11.9 Å². The SMILES string of the molecule is C=C(C)CNC(CN)c1ccc(OC)c(OC)c1. The molecule has 0 aliphatic heterocycles. The largest absolute Gasteiger partial charge is 0.493 e. The molecule has 0 saturated carbocycles. The number of benzene rings is 1. The Kier molecular flexibility index (Phi) is 5.68. The van der Waals surface area contributed by atoms with Gasteiger partial charge in [0.2, 0.25) is 0 Å².